The molecule has 0 N–H and O–H groups in total. The summed E-state index contributed by atoms with van der Waals surface area (Å²) in [6.07, 6.45) is 2.30. The van der Waals surface area contributed by atoms with E-state index in [0.717, 1.165) is 55.5 Å². The fraction of sp³-hybridized carbons (Fsp3) is 0.667. The van der Waals surface area contributed by atoms with E-state index in [1.165, 1.54) is 0 Å². The standard InChI is InChI=1S/C15H23N5/c1-11-12(2)17-18-15(14(11)9-16)20-7-5-13(6-8-20)10-19(3)4/h13H,5-8,10H2,1-4H3. The molecule has 1 aromatic rings. The lowest BCUT2D eigenvalue weighted by Gasteiger charge is -2.34. The maximum Gasteiger partial charge on any atom is 0.169 e. The molecule has 0 aliphatic carbocycles. The first-order chi connectivity index (χ1) is 9.52. The molecule has 1 saturated heterocycles. The molecule has 0 radical (unpaired) electrons. The van der Waals surface area contributed by atoms with Crippen LogP contribution in [0.3, 0.4) is 0 Å². The maximum atomic E-state index is 9.37. The van der Waals surface area contributed by atoms with E-state index < -0.39 is 0 Å². The minimum absolute atomic E-state index is 0.684. The molecule has 0 atom stereocenters. The molecule has 1 aliphatic rings. The highest BCUT2D eigenvalue weighted by Crippen LogP contribution is 2.26. The number of nitrogens with zero attached hydrogens (tertiary/aromatic N) is 5. The summed E-state index contributed by atoms with van der Waals surface area (Å²) >= 11 is 0. The van der Waals surface area contributed by atoms with Crippen LogP contribution in [0.5, 0.6) is 0 Å². The van der Waals surface area contributed by atoms with Crippen LogP contribution < -0.4 is 4.90 Å². The van der Waals surface area contributed by atoms with Crippen LogP contribution in [0, 0.1) is 31.1 Å². The molecule has 0 saturated carbocycles. The van der Waals surface area contributed by atoms with E-state index in [2.05, 4.69) is 40.2 Å². The summed E-state index contributed by atoms with van der Waals surface area (Å²) in [5.41, 5.74) is 2.48. The number of anilines is 1. The van der Waals surface area contributed by atoms with E-state index in [1.54, 1.807) is 0 Å². The maximum absolute atomic E-state index is 9.37. The quantitative estimate of drug-likeness (QED) is 0.839. The zero-order valence-corrected chi connectivity index (χ0v) is 12.8. The zero-order valence-electron chi connectivity index (χ0n) is 12.8. The Morgan fingerprint density at radius 1 is 1.25 bits per heavy atom. The van der Waals surface area contributed by atoms with Crippen molar-refractivity contribution in [2.75, 3.05) is 38.6 Å². The van der Waals surface area contributed by atoms with Crippen LogP contribution in [0.1, 0.15) is 29.7 Å². The highest BCUT2D eigenvalue weighted by atomic mass is 15.3. The lowest BCUT2D eigenvalue weighted by atomic mass is 9.96. The first-order valence-corrected chi connectivity index (χ1v) is 7.16. The normalized spacial score (nSPS) is 16.5. The third kappa shape index (κ3) is 3.07. The second kappa shape index (κ2) is 6.19. The largest absolute Gasteiger partial charge is 0.354 e. The highest BCUT2D eigenvalue weighted by Gasteiger charge is 2.23. The SMILES string of the molecule is Cc1nnc(N2CCC(CN(C)C)CC2)c(C#N)c1C. The molecule has 0 bridgehead atoms. The Balaban J connectivity index is 2.12. The highest BCUT2D eigenvalue weighted by molar-refractivity contribution is 5.57. The average Bonchev–Trinajstić information content (AvgIpc) is 2.42. The van der Waals surface area contributed by atoms with Crippen LogP contribution >= 0.6 is 0 Å². The summed E-state index contributed by atoms with van der Waals surface area (Å²) in [5.74, 6) is 1.50. The third-order valence-corrected chi connectivity index (χ3v) is 4.09. The van der Waals surface area contributed by atoms with Crippen molar-refractivity contribution in [1.29, 1.82) is 5.26 Å². The molecule has 108 valence electrons. The summed E-state index contributed by atoms with van der Waals surface area (Å²) in [4.78, 5) is 4.46. The molecule has 0 spiro atoms. The van der Waals surface area contributed by atoms with Crippen molar-refractivity contribution in [3.8, 4) is 6.07 Å². The number of nitriles is 1. The first-order valence-electron chi connectivity index (χ1n) is 7.16. The molecule has 2 rings (SSSR count). The summed E-state index contributed by atoms with van der Waals surface area (Å²) in [7, 11) is 4.24. The lowest BCUT2D eigenvalue weighted by Crippen LogP contribution is -2.38. The lowest BCUT2D eigenvalue weighted by molar-refractivity contribution is 0.284. The molecule has 0 amide bonds. The molecular formula is C15H23N5. The van der Waals surface area contributed by atoms with Gasteiger partial charge in [-0.15, -0.1) is 5.10 Å². The summed E-state index contributed by atoms with van der Waals surface area (Å²) in [5, 5.41) is 17.8. The van der Waals surface area contributed by atoms with Crippen LogP contribution in [-0.2, 0) is 0 Å². The van der Waals surface area contributed by atoms with Gasteiger partial charge in [0, 0.05) is 19.6 Å². The monoisotopic (exact) mass is 273 g/mol. The van der Waals surface area contributed by atoms with Crippen LogP contribution in [0.15, 0.2) is 0 Å². The number of piperidine rings is 1. The molecule has 0 unspecified atom stereocenters. The van der Waals surface area contributed by atoms with E-state index in [0.29, 0.717) is 5.56 Å². The molecule has 0 aromatic carbocycles. The van der Waals surface area contributed by atoms with Crippen molar-refractivity contribution < 1.29 is 0 Å². The number of aromatic nitrogens is 2. The Bertz CT molecular complexity index is 510. The van der Waals surface area contributed by atoms with Gasteiger partial charge in [-0.1, -0.05) is 0 Å². The van der Waals surface area contributed by atoms with Crippen molar-refractivity contribution in [3.05, 3.63) is 16.8 Å². The minimum atomic E-state index is 0.684. The predicted octanol–water partition coefficient (Wildman–Crippen LogP) is 1.74. The van der Waals surface area contributed by atoms with E-state index in [9.17, 15) is 5.26 Å². The number of rotatable bonds is 3. The van der Waals surface area contributed by atoms with Gasteiger partial charge in [-0.25, -0.2) is 0 Å². The van der Waals surface area contributed by atoms with Crippen molar-refractivity contribution in [2.45, 2.75) is 26.7 Å². The summed E-state index contributed by atoms with van der Waals surface area (Å²) in [6.45, 7) is 6.91. The molecule has 1 aliphatic heterocycles. The second-order valence-corrected chi connectivity index (χ2v) is 5.91. The van der Waals surface area contributed by atoms with Crippen molar-refractivity contribution in [1.82, 2.24) is 15.1 Å². The third-order valence-electron chi connectivity index (χ3n) is 4.09. The van der Waals surface area contributed by atoms with E-state index >= 15 is 0 Å². The smallest absolute Gasteiger partial charge is 0.169 e. The predicted molar refractivity (Wildman–Crippen MR) is 79.7 cm³/mol. The Morgan fingerprint density at radius 3 is 2.45 bits per heavy atom. The summed E-state index contributed by atoms with van der Waals surface area (Å²) < 4.78 is 0. The van der Waals surface area contributed by atoms with Crippen molar-refractivity contribution >= 4 is 5.82 Å². The number of hydrogen-bond donors (Lipinski definition) is 0. The van der Waals surface area contributed by atoms with Crippen molar-refractivity contribution in [3.63, 3.8) is 0 Å². The second-order valence-electron chi connectivity index (χ2n) is 5.91. The molecule has 5 nitrogen and oxygen atoms in total. The van der Waals surface area contributed by atoms with Crippen LogP contribution in [0.2, 0.25) is 0 Å². The summed E-state index contributed by atoms with van der Waals surface area (Å²) in [6, 6.07) is 2.29. The van der Waals surface area contributed by atoms with Gasteiger partial charge >= 0.3 is 0 Å². The Hall–Kier alpha value is -1.67. The van der Waals surface area contributed by atoms with Gasteiger partial charge in [0.1, 0.15) is 11.6 Å². The topological polar surface area (TPSA) is 56.1 Å². The van der Waals surface area contributed by atoms with E-state index in [-0.39, 0.29) is 0 Å². The number of aryl methyl sites for hydroxylation is 1. The first kappa shape index (κ1) is 14.7. The molecule has 20 heavy (non-hydrogen) atoms. The van der Waals surface area contributed by atoms with Crippen molar-refractivity contribution in [2.24, 2.45) is 5.92 Å². The van der Waals surface area contributed by atoms with Gasteiger partial charge in [-0.2, -0.15) is 10.4 Å². The van der Waals surface area contributed by atoms with Crippen LogP contribution in [0.25, 0.3) is 0 Å². The fourth-order valence-electron chi connectivity index (χ4n) is 2.79. The Kier molecular flexibility index (Phi) is 4.56. The van der Waals surface area contributed by atoms with E-state index in [4.69, 9.17) is 0 Å². The van der Waals surface area contributed by atoms with Gasteiger partial charge in [0.25, 0.3) is 0 Å². The van der Waals surface area contributed by atoms with Gasteiger partial charge in [-0.05, 0) is 52.3 Å². The fourth-order valence-corrected chi connectivity index (χ4v) is 2.79. The Morgan fingerprint density at radius 2 is 1.90 bits per heavy atom. The van der Waals surface area contributed by atoms with Gasteiger partial charge in [-0.3, -0.25) is 0 Å². The molecule has 1 fully saturated rings. The van der Waals surface area contributed by atoms with Crippen LogP contribution in [0.4, 0.5) is 5.82 Å². The average molecular weight is 273 g/mol. The molecular weight excluding hydrogens is 250 g/mol. The van der Waals surface area contributed by atoms with Gasteiger partial charge in [0.2, 0.25) is 0 Å². The molecule has 1 aromatic heterocycles. The van der Waals surface area contributed by atoms with Gasteiger partial charge in [0.05, 0.1) is 5.69 Å². The Labute approximate surface area is 121 Å². The van der Waals surface area contributed by atoms with Gasteiger partial charge in [0.15, 0.2) is 5.82 Å². The van der Waals surface area contributed by atoms with Crippen LogP contribution in [-0.4, -0.2) is 48.8 Å². The zero-order chi connectivity index (χ0) is 14.7. The number of hydrogen-bond acceptors (Lipinski definition) is 5. The van der Waals surface area contributed by atoms with E-state index in [1.807, 2.05) is 13.8 Å². The minimum Gasteiger partial charge on any atom is -0.354 e. The molecule has 2 heterocycles. The molecule has 5 heteroatoms. The van der Waals surface area contributed by atoms with Gasteiger partial charge < -0.3 is 9.80 Å².